The molecule has 0 aliphatic rings. The van der Waals surface area contributed by atoms with Crippen molar-refractivity contribution in [1.82, 2.24) is 14.5 Å². The van der Waals surface area contributed by atoms with Crippen molar-refractivity contribution in [3.8, 4) is 0 Å². The number of aromatic nitrogens is 2. The molecule has 2 heterocycles. The number of nitrogens with zero attached hydrogens (tertiary/aromatic N) is 3. The zero-order valence-corrected chi connectivity index (χ0v) is 18.2. The number of likely N-dealkylation sites (N-methyl/N-ethyl adjacent to an activating group) is 1. The van der Waals surface area contributed by atoms with Crippen LogP contribution in [-0.4, -0.2) is 39.9 Å². The molecule has 0 fully saturated rings. The molecule has 152 valence electrons. The van der Waals surface area contributed by atoms with Crippen molar-refractivity contribution in [3.63, 3.8) is 0 Å². The zero-order valence-electron chi connectivity index (χ0n) is 17.4. The van der Waals surface area contributed by atoms with Crippen LogP contribution in [0.5, 0.6) is 0 Å². The van der Waals surface area contributed by atoms with Gasteiger partial charge in [-0.05, 0) is 44.4 Å². The van der Waals surface area contributed by atoms with E-state index in [9.17, 15) is 14.4 Å². The van der Waals surface area contributed by atoms with Crippen molar-refractivity contribution in [1.29, 1.82) is 0 Å². The molecule has 0 spiro atoms. The Kier molecular flexibility index (Phi) is 5.57. The first kappa shape index (κ1) is 20.7. The van der Waals surface area contributed by atoms with Crippen molar-refractivity contribution < 1.29 is 9.59 Å². The molecule has 0 unspecified atom stereocenters. The van der Waals surface area contributed by atoms with Gasteiger partial charge in [-0.25, -0.2) is 4.98 Å². The highest BCUT2D eigenvalue weighted by Crippen LogP contribution is 2.28. The van der Waals surface area contributed by atoms with Crippen molar-refractivity contribution in [2.24, 2.45) is 7.05 Å². The summed E-state index contributed by atoms with van der Waals surface area (Å²) in [6, 6.07) is 4.01. The van der Waals surface area contributed by atoms with Gasteiger partial charge >= 0.3 is 0 Å². The molecule has 2 amide bonds. The summed E-state index contributed by atoms with van der Waals surface area (Å²) in [5, 5.41) is 3.36. The fourth-order valence-electron chi connectivity index (χ4n) is 3.43. The normalized spacial score (nSPS) is 11.0. The lowest BCUT2D eigenvalue weighted by Crippen LogP contribution is -2.35. The molecule has 0 aliphatic carbocycles. The van der Waals surface area contributed by atoms with Gasteiger partial charge in [0.2, 0.25) is 5.91 Å². The van der Waals surface area contributed by atoms with Crippen molar-refractivity contribution >= 4 is 39.1 Å². The van der Waals surface area contributed by atoms with Crippen LogP contribution in [0.2, 0.25) is 0 Å². The van der Waals surface area contributed by atoms with Gasteiger partial charge in [0.15, 0.2) is 0 Å². The number of amides is 2. The van der Waals surface area contributed by atoms with Gasteiger partial charge in [-0.1, -0.05) is 17.7 Å². The van der Waals surface area contributed by atoms with Crippen molar-refractivity contribution in [2.75, 3.05) is 18.9 Å². The van der Waals surface area contributed by atoms with E-state index in [1.807, 2.05) is 32.9 Å². The summed E-state index contributed by atoms with van der Waals surface area (Å²) in [4.78, 5) is 44.4. The Morgan fingerprint density at radius 2 is 1.79 bits per heavy atom. The van der Waals surface area contributed by atoms with Crippen LogP contribution >= 0.6 is 11.3 Å². The number of aryl methyl sites for hydroxylation is 5. The fraction of sp³-hybridized carbons (Fsp3) is 0.333. The van der Waals surface area contributed by atoms with Gasteiger partial charge in [0.05, 0.1) is 23.1 Å². The van der Waals surface area contributed by atoms with E-state index >= 15 is 0 Å². The molecule has 0 radical (unpaired) electrons. The first-order valence-electron chi connectivity index (χ1n) is 9.18. The molecule has 0 saturated carbocycles. The molecule has 7 nitrogen and oxygen atoms in total. The van der Waals surface area contributed by atoms with Crippen LogP contribution in [0.3, 0.4) is 0 Å². The predicted octanol–water partition coefficient (Wildman–Crippen LogP) is 2.94. The lowest BCUT2D eigenvalue weighted by atomic mass is 10.1. The van der Waals surface area contributed by atoms with Gasteiger partial charge in [-0.3, -0.25) is 14.4 Å². The molecule has 1 N–H and O–H groups in total. The third-order valence-electron chi connectivity index (χ3n) is 4.87. The van der Waals surface area contributed by atoms with Crippen molar-refractivity contribution in [3.05, 3.63) is 55.9 Å². The standard InChI is InChI=1S/C21H24N4O3S/c1-11-7-12(2)17(13(3)8-11)23-15(26)9-24(5)21(28)18-14(4)16-19(29-18)22-10-25(6)20(16)27/h7-8,10H,9H2,1-6H3,(H,23,26). The highest BCUT2D eigenvalue weighted by Gasteiger charge is 2.23. The molecule has 0 atom stereocenters. The molecule has 1 aromatic carbocycles. The smallest absolute Gasteiger partial charge is 0.264 e. The number of rotatable bonds is 4. The maximum Gasteiger partial charge on any atom is 0.264 e. The van der Waals surface area contributed by atoms with E-state index < -0.39 is 0 Å². The molecular formula is C21H24N4O3S. The average Bonchev–Trinajstić information content (AvgIpc) is 2.97. The summed E-state index contributed by atoms with van der Waals surface area (Å²) in [5.41, 5.74) is 4.27. The quantitative estimate of drug-likeness (QED) is 0.714. The lowest BCUT2D eigenvalue weighted by molar-refractivity contribution is -0.116. The van der Waals surface area contributed by atoms with Gasteiger partial charge in [0, 0.05) is 19.8 Å². The van der Waals surface area contributed by atoms with Crippen LogP contribution < -0.4 is 10.9 Å². The Morgan fingerprint density at radius 3 is 2.41 bits per heavy atom. The van der Waals surface area contributed by atoms with Crippen LogP contribution in [0.4, 0.5) is 5.69 Å². The maximum atomic E-state index is 12.9. The van der Waals surface area contributed by atoms with Gasteiger partial charge in [0.1, 0.15) is 4.83 Å². The molecule has 2 aromatic heterocycles. The third kappa shape index (κ3) is 3.93. The number of hydrogen-bond donors (Lipinski definition) is 1. The summed E-state index contributed by atoms with van der Waals surface area (Å²) in [6.07, 6.45) is 1.44. The number of nitrogens with one attached hydrogen (secondary N) is 1. The van der Waals surface area contributed by atoms with Gasteiger partial charge in [-0.15, -0.1) is 11.3 Å². The first-order valence-corrected chi connectivity index (χ1v) is 9.99. The van der Waals surface area contributed by atoms with E-state index in [-0.39, 0.29) is 23.9 Å². The molecule has 29 heavy (non-hydrogen) atoms. The summed E-state index contributed by atoms with van der Waals surface area (Å²) >= 11 is 1.17. The number of anilines is 1. The highest BCUT2D eigenvalue weighted by molar-refractivity contribution is 7.20. The Balaban J connectivity index is 1.80. The molecule has 3 rings (SSSR count). The minimum absolute atomic E-state index is 0.0925. The molecule has 0 aliphatic heterocycles. The van der Waals surface area contributed by atoms with E-state index in [0.717, 1.165) is 22.4 Å². The van der Waals surface area contributed by atoms with Gasteiger partial charge in [0.25, 0.3) is 11.5 Å². The molecule has 0 saturated heterocycles. The highest BCUT2D eigenvalue weighted by atomic mass is 32.1. The van der Waals surface area contributed by atoms with Crippen LogP contribution in [0.15, 0.2) is 23.3 Å². The second kappa shape index (κ2) is 7.79. The summed E-state index contributed by atoms with van der Waals surface area (Å²) in [5.74, 6) is -0.580. The SMILES string of the molecule is Cc1cc(C)c(NC(=O)CN(C)C(=O)c2sc3ncn(C)c(=O)c3c2C)c(C)c1. The van der Waals surface area contributed by atoms with E-state index in [0.29, 0.717) is 20.7 Å². The van der Waals surface area contributed by atoms with E-state index in [1.54, 1.807) is 21.0 Å². The summed E-state index contributed by atoms with van der Waals surface area (Å²) in [7, 11) is 3.20. The number of carbonyl (C=O) groups excluding carboxylic acids is 2. The monoisotopic (exact) mass is 412 g/mol. The van der Waals surface area contributed by atoms with E-state index in [2.05, 4.69) is 10.3 Å². The number of carbonyl (C=O) groups is 2. The van der Waals surface area contributed by atoms with Gasteiger partial charge in [-0.2, -0.15) is 0 Å². The largest absolute Gasteiger partial charge is 0.332 e. The molecule has 3 aromatic rings. The van der Waals surface area contributed by atoms with Crippen molar-refractivity contribution in [2.45, 2.75) is 27.7 Å². The Morgan fingerprint density at radius 1 is 1.17 bits per heavy atom. The van der Waals surface area contributed by atoms with Gasteiger partial charge < -0.3 is 14.8 Å². The van der Waals surface area contributed by atoms with Crippen LogP contribution in [0.1, 0.15) is 31.9 Å². The number of hydrogen-bond acceptors (Lipinski definition) is 5. The second-order valence-electron chi connectivity index (χ2n) is 7.38. The first-order chi connectivity index (χ1) is 13.6. The second-order valence-corrected chi connectivity index (χ2v) is 8.38. The van der Waals surface area contributed by atoms with Crippen LogP contribution in [0.25, 0.3) is 10.2 Å². The number of benzene rings is 1. The average molecular weight is 413 g/mol. The third-order valence-corrected chi connectivity index (χ3v) is 6.06. The van der Waals surface area contributed by atoms with E-state index in [4.69, 9.17) is 0 Å². The molecule has 0 bridgehead atoms. The number of thiophene rings is 1. The lowest BCUT2D eigenvalue weighted by Gasteiger charge is -2.18. The minimum atomic E-state index is -0.306. The topological polar surface area (TPSA) is 84.3 Å². The predicted molar refractivity (Wildman–Crippen MR) is 116 cm³/mol. The summed E-state index contributed by atoms with van der Waals surface area (Å²) in [6.45, 7) is 7.54. The van der Waals surface area contributed by atoms with E-state index in [1.165, 1.54) is 27.1 Å². The molecule has 8 heteroatoms. The molecular weight excluding hydrogens is 388 g/mol. The van der Waals surface area contributed by atoms with Crippen LogP contribution in [0, 0.1) is 27.7 Å². The number of fused-ring (bicyclic) bond motifs is 1. The summed E-state index contributed by atoms with van der Waals surface area (Å²) < 4.78 is 1.39. The Hall–Kier alpha value is -3.00. The Labute approximate surface area is 173 Å². The van der Waals surface area contributed by atoms with Crippen LogP contribution in [-0.2, 0) is 11.8 Å². The fourth-order valence-corrected chi connectivity index (χ4v) is 4.56. The Bertz CT molecular complexity index is 1170. The zero-order chi connectivity index (χ0) is 21.5. The minimum Gasteiger partial charge on any atom is -0.332 e. The maximum absolute atomic E-state index is 12.9.